The van der Waals surface area contributed by atoms with Crippen molar-refractivity contribution in [2.24, 2.45) is 0 Å². The minimum atomic E-state index is -0.360. The number of nitrogens with zero attached hydrogens (tertiary/aromatic N) is 3. The number of benzene rings is 2. The summed E-state index contributed by atoms with van der Waals surface area (Å²) in [5, 5.41) is 0. The van der Waals surface area contributed by atoms with Crippen molar-refractivity contribution in [2.75, 3.05) is 32.2 Å². The lowest BCUT2D eigenvalue weighted by atomic mass is 10.1. The van der Waals surface area contributed by atoms with Gasteiger partial charge in [-0.2, -0.15) is 0 Å². The number of esters is 1. The second kappa shape index (κ2) is 10.4. The van der Waals surface area contributed by atoms with Gasteiger partial charge in [-0.3, -0.25) is 0 Å². The predicted molar refractivity (Wildman–Crippen MR) is 135 cm³/mol. The molecular formula is C28H27N3O5. The van der Waals surface area contributed by atoms with Gasteiger partial charge in [0.05, 0.1) is 50.4 Å². The molecule has 1 fully saturated rings. The number of aromatic nitrogens is 2. The summed E-state index contributed by atoms with van der Waals surface area (Å²) in [6, 6.07) is 21.0. The Balaban J connectivity index is 1.19. The molecule has 0 spiro atoms. The summed E-state index contributed by atoms with van der Waals surface area (Å²) in [5.74, 6) is 1.68. The number of ether oxygens (including phenoxy) is 4. The molecule has 2 aromatic heterocycles. The van der Waals surface area contributed by atoms with E-state index in [1.807, 2.05) is 71.6 Å². The molecule has 1 saturated heterocycles. The molecule has 8 heteroatoms. The molecule has 0 amide bonds. The minimum Gasteiger partial charge on any atom is -0.487 e. The Kier molecular flexibility index (Phi) is 6.75. The van der Waals surface area contributed by atoms with Crippen molar-refractivity contribution in [1.29, 1.82) is 0 Å². The van der Waals surface area contributed by atoms with Crippen molar-refractivity contribution in [3.05, 3.63) is 96.4 Å². The molecule has 184 valence electrons. The third-order valence-corrected chi connectivity index (χ3v) is 6.02. The Hall–Kier alpha value is -4.46. The SMILES string of the molecule is COC(=O)c1cccc(N2CC(Oc3ccc(COc4ccc(OC)nc4)cc3)C2)c1-n1cccc1. The third kappa shape index (κ3) is 4.98. The van der Waals surface area contributed by atoms with Gasteiger partial charge in [-0.05, 0) is 48.0 Å². The number of anilines is 1. The van der Waals surface area contributed by atoms with Crippen molar-refractivity contribution in [3.63, 3.8) is 0 Å². The maximum atomic E-state index is 12.4. The highest BCUT2D eigenvalue weighted by Gasteiger charge is 2.32. The summed E-state index contributed by atoms with van der Waals surface area (Å²) in [5.41, 5.74) is 3.34. The summed E-state index contributed by atoms with van der Waals surface area (Å²) in [7, 11) is 2.98. The Morgan fingerprint density at radius 2 is 1.69 bits per heavy atom. The Labute approximate surface area is 209 Å². The number of methoxy groups -OCH3 is 2. The number of para-hydroxylation sites is 1. The maximum Gasteiger partial charge on any atom is 0.340 e. The average Bonchev–Trinajstić information content (AvgIpc) is 3.44. The molecule has 0 N–H and O–H groups in total. The van der Waals surface area contributed by atoms with E-state index in [1.54, 1.807) is 25.4 Å². The number of carbonyl (C=O) groups excluding carboxylic acids is 1. The van der Waals surface area contributed by atoms with Crippen LogP contribution in [0.5, 0.6) is 17.4 Å². The van der Waals surface area contributed by atoms with Gasteiger partial charge in [-0.1, -0.05) is 18.2 Å². The predicted octanol–water partition coefficient (Wildman–Crippen LogP) is 4.51. The summed E-state index contributed by atoms with van der Waals surface area (Å²) in [6.45, 7) is 1.87. The summed E-state index contributed by atoms with van der Waals surface area (Å²) < 4.78 is 24.0. The molecular weight excluding hydrogens is 458 g/mol. The van der Waals surface area contributed by atoms with Crippen LogP contribution in [0.1, 0.15) is 15.9 Å². The molecule has 36 heavy (non-hydrogen) atoms. The first kappa shape index (κ1) is 23.3. The second-order valence-corrected chi connectivity index (χ2v) is 8.37. The molecule has 8 nitrogen and oxygen atoms in total. The molecule has 0 bridgehead atoms. The molecule has 2 aromatic carbocycles. The van der Waals surface area contributed by atoms with Crippen LogP contribution in [0, 0.1) is 0 Å². The number of carbonyl (C=O) groups is 1. The van der Waals surface area contributed by atoms with Gasteiger partial charge >= 0.3 is 5.97 Å². The van der Waals surface area contributed by atoms with Gasteiger partial charge in [0.25, 0.3) is 0 Å². The maximum absolute atomic E-state index is 12.4. The molecule has 4 aromatic rings. The van der Waals surface area contributed by atoms with Crippen LogP contribution in [0.4, 0.5) is 5.69 Å². The average molecular weight is 486 g/mol. The van der Waals surface area contributed by atoms with Crippen molar-refractivity contribution >= 4 is 11.7 Å². The zero-order valence-corrected chi connectivity index (χ0v) is 20.2. The fraction of sp³-hybridized carbons (Fsp3) is 0.214. The molecule has 1 aliphatic rings. The van der Waals surface area contributed by atoms with Gasteiger partial charge in [-0.15, -0.1) is 0 Å². The van der Waals surface area contributed by atoms with E-state index >= 15 is 0 Å². The first-order chi connectivity index (χ1) is 17.6. The zero-order chi connectivity index (χ0) is 24.9. The number of pyridine rings is 1. The number of rotatable bonds is 9. The van der Waals surface area contributed by atoms with E-state index in [2.05, 4.69) is 9.88 Å². The molecule has 5 rings (SSSR count). The largest absolute Gasteiger partial charge is 0.487 e. The van der Waals surface area contributed by atoms with E-state index in [-0.39, 0.29) is 12.1 Å². The van der Waals surface area contributed by atoms with Crippen LogP contribution in [-0.4, -0.2) is 48.9 Å². The third-order valence-electron chi connectivity index (χ3n) is 6.02. The van der Waals surface area contributed by atoms with Gasteiger partial charge in [0.15, 0.2) is 0 Å². The van der Waals surface area contributed by atoms with Crippen molar-refractivity contribution in [1.82, 2.24) is 9.55 Å². The van der Waals surface area contributed by atoms with Gasteiger partial charge < -0.3 is 28.4 Å². The first-order valence-corrected chi connectivity index (χ1v) is 11.6. The van der Waals surface area contributed by atoms with Crippen LogP contribution in [0.3, 0.4) is 0 Å². The van der Waals surface area contributed by atoms with Gasteiger partial charge in [0.2, 0.25) is 5.88 Å². The standard InChI is InChI=1S/C28H27N3O5/c1-33-26-13-12-22(16-29-26)35-19-20-8-10-21(11-9-20)36-23-17-31(18-23)25-7-5-6-24(28(32)34-2)27(25)30-14-3-4-15-30/h3-16,23H,17-19H2,1-2H3. The second-order valence-electron chi connectivity index (χ2n) is 8.37. The topological polar surface area (TPSA) is 75.1 Å². The van der Waals surface area contributed by atoms with E-state index in [9.17, 15) is 4.79 Å². The van der Waals surface area contributed by atoms with Gasteiger partial charge in [0, 0.05) is 18.5 Å². The fourth-order valence-electron chi connectivity index (χ4n) is 4.12. The van der Waals surface area contributed by atoms with E-state index in [4.69, 9.17) is 18.9 Å². The molecule has 0 atom stereocenters. The van der Waals surface area contributed by atoms with Gasteiger partial charge in [0.1, 0.15) is 24.2 Å². The lowest BCUT2D eigenvalue weighted by Gasteiger charge is -2.41. The molecule has 3 heterocycles. The normalized spacial score (nSPS) is 13.1. The Morgan fingerprint density at radius 3 is 2.36 bits per heavy atom. The number of hydrogen-bond donors (Lipinski definition) is 0. The van der Waals surface area contributed by atoms with E-state index in [0.29, 0.717) is 36.9 Å². The molecule has 1 aliphatic heterocycles. The Bertz CT molecular complexity index is 1300. The zero-order valence-electron chi connectivity index (χ0n) is 20.2. The molecule has 0 radical (unpaired) electrons. The highest BCUT2D eigenvalue weighted by molar-refractivity contribution is 5.96. The lowest BCUT2D eigenvalue weighted by Crippen LogP contribution is -2.54. The van der Waals surface area contributed by atoms with Crippen LogP contribution < -0.4 is 19.1 Å². The van der Waals surface area contributed by atoms with Crippen LogP contribution in [0.2, 0.25) is 0 Å². The van der Waals surface area contributed by atoms with E-state index < -0.39 is 0 Å². The summed E-state index contributed by atoms with van der Waals surface area (Å²) in [4.78, 5) is 18.7. The monoisotopic (exact) mass is 485 g/mol. The molecule has 0 unspecified atom stereocenters. The highest BCUT2D eigenvalue weighted by atomic mass is 16.5. The summed E-state index contributed by atoms with van der Waals surface area (Å²) >= 11 is 0. The van der Waals surface area contributed by atoms with Gasteiger partial charge in [-0.25, -0.2) is 9.78 Å². The van der Waals surface area contributed by atoms with Crippen molar-refractivity contribution in [2.45, 2.75) is 12.7 Å². The minimum absolute atomic E-state index is 0.0526. The fourth-order valence-corrected chi connectivity index (χ4v) is 4.12. The van der Waals surface area contributed by atoms with Crippen LogP contribution >= 0.6 is 0 Å². The van der Waals surface area contributed by atoms with E-state index in [1.165, 1.54) is 7.11 Å². The van der Waals surface area contributed by atoms with Crippen molar-refractivity contribution in [3.8, 4) is 23.1 Å². The molecule has 0 saturated carbocycles. The first-order valence-electron chi connectivity index (χ1n) is 11.6. The van der Waals surface area contributed by atoms with Crippen molar-refractivity contribution < 1.29 is 23.7 Å². The lowest BCUT2D eigenvalue weighted by molar-refractivity contribution is 0.0600. The smallest absolute Gasteiger partial charge is 0.340 e. The van der Waals surface area contributed by atoms with E-state index in [0.717, 1.165) is 22.7 Å². The van der Waals surface area contributed by atoms with Crippen LogP contribution in [-0.2, 0) is 11.3 Å². The quantitative estimate of drug-likeness (QED) is 0.323. The summed E-state index contributed by atoms with van der Waals surface area (Å²) in [6.07, 6.45) is 5.54. The Morgan fingerprint density at radius 1 is 0.944 bits per heavy atom. The highest BCUT2D eigenvalue weighted by Crippen LogP contribution is 2.33. The van der Waals surface area contributed by atoms with Crippen LogP contribution in [0.15, 0.2) is 85.3 Å². The van der Waals surface area contributed by atoms with Crippen LogP contribution in [0.25, 0.3) is 5.69 Å². The molecule has 0 aliphatic carbocycles. The number of hydrogen-bond acceptors (Lipinski definition) is 7.